The maximum Gasteiger partial charge on any atom is 0.404 e. The molecule has 1 aromatic rings. The number of hydrogen-bond acceptors (Lipinski definition) is 6. The lowest BCUT2D eigenvalue weighted by Gasteiger charge is -2.33. The van der Waals surface area contributed by atoms with E-state index in [1.54, 1.807) is 12.1 Å². The Hall–Kier alpha value is -2.51. The third kappa shape index (κ3) is 3.78. The number of rotatable bonds is 5. The number of carbonyl (C=O) groups is 1. The maximum atomic E-state index is 10.9. The summed E-state index contributed by atoms with van der Waals surface area (Å²) in [6.45, 7) is 1.91. The molecule has 120 valence electrons. The standard InChI is InChI=1S/C14H19N3O5/c1-21-13-8-11(2-3-12(13)17(19)20)16-6-4-10(5-7-16)9-22-14(15)18/h2-3,8,10H,4-7,9H2,1H3,(H2,15,18). The van der Waals surface area contributed by atoms with Gasteiger partial charge < -0.3 is 20.1 Å². The lowest BCUT2D eigenvalue weighted by molar-refractivity contribution is -0.385. The molecule has 1 aliphatic heterocycles. The van der Waals surface area contributed by atoms with E-state index in [-0.39, 0.29) is 11.4 Å². The summed E-state index contributed by atoms with van der Waals surface area (Å²) < 4.78 is 9.91. The first kappa shape index (κ1) is 15.9. The molecule has 0 atom stereocenters. The number of nitro groups is 1. The summed E-state index contributed by atoms with van der Waals surface area (Å²) in [6, 6.07) is 4.86. The molecule has 0 aromatic heterocycles. The number of hydrogen-bond donors (Lipinski definition) is 1. The van der Waals surface area contributed by atoms with Crippen LogP contribution >= 0.6 is 0 Å². The fraction of sp³-hybridized carbons (Fsp3) is 0.500. The number of ether oxygens (including phenoxy) is 2. The quantitative estimate of drug-likeness (QED) is 0.657. The molecular weight excluding hydrogens is 290 g/mol. The summed E-state index contributed by atoms with van der Waals surface area (Å²) >= 11 is 0. The molecule has 8 nitrogen and oxygen atoms in total. The minimum Gasteiger partial charge on any atom is -0.490 e. The number of nitrogens with two attached hydrogens (primary N) is 1. The molecule has 2 N–H and O–H groups in total. The Labute approximate surface area is 127 Å². The number of amides is 1. The van der Waals surface area contributed by atoms with Crippen molar-refractivity contribution in [2.45, 2.75) is 12.8 Å². The molecule has 1 fully saturated rings. The lowest BCUT2D eigenvalue weighted by atomic mass is 9.97. The van der Waals surface area contributed by atoms with Crippen molar-refractivity contribution in [3.05, 3.63) is 28.3 Å². The number of nitrogens with zero attached hydrogens (tertiary/aromatic N) is 2. The van der Waals surface area contributed by atoms with E-state index in [1.165, 1.54) is 13.2 Å². The van der Waals surface area contributed by atoms with Gasteiger partial charge in [-0.2, -0.15) is 0 Å². The number of nitro benzene ring substituents is 1. The highest BCUT2D eigenvalue weighted by molar-refractivity contribution is 5.64. The summed E-state index contributed by atoms with van der Waals surface area (Å²) in [5, 5.41) is 10.9. The summed E-state index contributed by atoms with van der Waals surface area (Å²) in [6.07, 6.45) is 0.988. The number of carbonyl (C=O) groups excluding carboxylic acids is 1. The van der Waals surface area contributed by atoms with E-state index in [9.17, 15) is 14.9 Å². The average Bonchev–Trinajstić information content (AvgIpc) is 2.52. The zero-order valence-corrected chi connectivity index (χ0v) is 12.4. The van der Waals surface area contributed by atoms with E-state index in [0.717, 1.165) is 31.6 Å². The van der Waals surface area contributed by atoms with E-state index in [2.05, 4.69) is 4.90 Å². The molecular formula is C14H19N3O5. The van der Waals surface area contributed by atoms with Crippen LogP contribution in [0.5, 0.6) is 5.75 Å². The van der Waals surface area contributed by atoms with Crippen LogP contribution in [0.2, 0.25) is 0 Å². The van der Waals surface area contributed by atoms with E-state index in [0.29, 0.717) is 12.5 Å². The second kappa shape index (κ2) is 6.97. The molecule has 22 heavy (non-hydrogen) atoms. The van der Waals surface area contributed by atoms with Crippen LogP contribution in [-0.4, -0.2) is 37.8 Å². The van der Waals surface area contributed by atoms with E-state index in [4.69, 9.17) is 15.2 Å². The Morgan fingerprint density at radius 2 is 2.14 bits per heavy atom. The second-order valence-corrected chi connectivity index (χ2v) is 5.17. The van der Waals surface area contributed by atoms with Crippen molar-refractivity contribution in [3.63, 3.8) is 0 Å². The van der Waals surface area contributed by atoms with Crippen molar-refractivity contribution >= 4 is 17.5 Å². The average molecular weight is 309 g/mol. The van der Waals surface area contributed by atoms with Gasteiger partial charge in [0.1, 0.15) is 0 Å². The smallest absolute Gasteiger partial charge is 0.404 e. The molecule has 0 unspecified atom stereocenters. The van der Waals surface area contributed by atoms with Crippen LogP contribution in [0.15, 0.2) is 18.2 Å². The Balaban J connectivity index is 1.99. The minimum atomic E-state index is -0.748. The van der Waals surface area contributed by atoms with Gasteiger partial charge >= 0.3 is 11.8 Å². The van der Waals surface area contributed by atoms with Crippen molar-refractivity contribution in [2.75, 3.05) is 31.7 Å². The van der Waals surface area contributed by atoms with Crippen LogP contribution in [0.3, 0.4) is 0 Å². The summed E-state index contributed by atoms with van der Waals surface area (Å²) in [7, 11) is 1.42. The van der Waals surface area contributed by atoms with Crippen molar-refractivity contribution < 1.29 is 19.2 Å². The van der Waals surface area contributed by atoms with Crippen molar-refractivity contribution in [1.82, 2.24) is 0 Å². The van der Waals surface area contributed by atoms with Gasteiger partial charge in [0, 0.05) is 30.9 Å². The van der Waals surface area contributed by atoms with Crippen LogP contribution in [0.25, 0.3) is 0 Å². The topological polar surface area (TPSA) is 108 Å². The Kier molecular flexibility index (Phi) is 5.03. The van der Waals surface area contributed by atoms with Crippen LogP contribution < -0.4 is 15.4 Å². The Bertz CT molecular complexity index is 555. The normalized spacial score (nSPS) is 15.4. The van der Waals surface area contributed by atoms with Gasteiger partial charge in [-0.05, 0) is 24.8 Å². The number of piperidine rings is 1. The minimum absolute atomic E-state index is 0.0454. The van der Waals surface area contributed by atoms with Gasteiger partial charge in [-0.15, -0.1) is 0 Å². The van der Waals surface area contributed by atoms with Crippen molar-refractivity contribution in [3.8, 4) is 5.75 Å². The molecule has 0 saturated carbocycles. The highest BCUT2D eigenvalue weighted by atomic mass is 16.6. The monoisotopic (exact) mass is 309 g/mol. The van der Waals surface area contributed by atoms with Crippen LogP contribution in [0, 0.1) is 16.0 Å². The zero-order valence-electron chi connectivity index (χ0n) is 12.4. The molecule has 1 amide bonds. The summed E-state index contributed by atoms with van der Waals surface area (Å²) in [4.78, 5) is 23.2. The van der Waals surface area contributed by atoms with Crippen LogP contribution in [-0.2, 0) is 4.74 Å². The molecule has 1 saturated heterocycles. The first-order chi connectivity index (χ1) is 10.5. The molecule has 1 heterocycles. The summed E-state index contributed by atoms with van der Waals surface area (Å²) in [5.74, 6) is 0.547. The molecule has 0 radical (unpaired) electrons. The van der Waals surface area contributed by atoms with Gasteiger partial charge in [0.05, 0.1) is 18.6 Å². The fourth-order valence-electron chi connectivity index (χ4n) is 2.57. The number of primary amides is 1. The molecule has 1 aromatic carbocycles. The highest BCUT2D eigenvalue weighted by Gasteiger charge is 2.22. The SMILES string of the molecule is COc1cc(N2CCC(COC(N)=O)CC2)ccc1[N+](=O)[O-]. The summed E-state index contributed by atoms with van der Waals surface area (Å²) in [5.41, 5.74) is 5.80. The lowest BCUT2D eigenvalue weighted by Crippen LogP contribution is -2.35. The van der Waals surface area contributed by atoms with Gasteiger partial charge in [0.2, 0.25) is 0 Å². The highest BCUT2D eigenvalue weighted by Crippen LogP contribution is 2.33. The number of anilines is 1. The predicted molar refractivity (Wildman–Crippen MR) is 80.1 cm³/mol. The third-order valence-corrected chi connectivity index (χ3v) is 3.80. The number of methoxy groups -OCH3 is 1. The molecule has 0 bridgehead atoms. The van der Waals surface area contributed by atoms with Gasteiger partial charge in [-0.25, -0.2) is 4.79 Å². The first-order valence-electron chi connectivity index (χ1n) is 7.01. The zero-order chi connectivity index (χ0) is 16.1. The molecule has 8 heteroatoms. The van der Waals surface area contributed by atoms with Gasteiger partial charge in [0.15, 0.2) is 5.75 Å². The van der Waals surface area contributed by atoms with Gasteiger partial charge in [-0.1, -0.05) is 0 Å². The largest absolute Gasteiger partial charge is 0.490 e. The van der Waals surface area contributed by atoms with Gasteiger partial charge in [-0.3, -0.25) is 10.1 Å². The first-order valence-corrected chi connectivity index (χ1v) is 7.01. The molecule has 0 aliphatic carbocycles. The number of benzene rings is 1. The van der Waals surface area contributed by atoms with Crippen LogP contribution in [0.1, 0.15) is 12.8 Å². The third-order valence-electron chi connectivity index (χ3n) is 3.80. The van der Waals surface area contributed by atoms with Crippen molar-refractivity contribution in [2.24, 2.45) is 11.7 Å². The van der Waals surface area contributed by atoms with E-state index in [1.807, 2.05) is 0 Å². The Morgan fingerprint density at radius 3 is 2.68 bits per heavy atom. The molecule has 2 rings (SSSR count). The van der Waals surface area contributed by atoms with E-state index < -0.39 is 11.0 Å². The maximum absolute atomic E-state index is 10.9. The molecule has 0 spiro atoms. The van der Waals surface area contributed by atoms with E-state index >= 15 is 0 Å². The predicted octanol–water partition coefficient (Wildman–Crippen LogP) is 1.92. The Morgan fingerprint density at radius 1 is 1.45 bits per heavy atom. The fourth-order valence-corrected chi connectivity index (χ4v) is 2.57. The second-order valence-electron chi connectivity index (χ2n) is 5.17. The van der Waals surface area contributed by atoms with Crippen molar-refractivity contribution in [1.29, 1.82) is 0 Å². The van der Waals surface area contributed by atoms with Gasteiger partial charge in [0.25, 0.3) is 0 Å². The van der Waals surface area contributed by atoms with Crippen LogP contribution in [0.4, 0.5) is 16.2 Å². The molecule has 1 aliphatic rings.